The van der Waals surface area contributed by atoms with Gasteiger partial charge >= 0.3 is 0 Å². The molecule has 0 unspecified atom stereocenters. The Balaban J connectivity index is 1.10. The van der Waals surface area contributed by atoms with Crippen LogP contribution in [0.2, 0.25) is 5.02 Å². The van der Waals surface area contributed by atoms with Crippen LogP contribution in [-0.4, -0.2) is 0 Å². The van der Waals surface area contributed by atoms with E-state index in [-0.39, 0.29) is 16.2 Å². The van der Waals surface area contributed by atoms with Gasteiger partial charge in [0, 0.05) is 59.6 Å². The fourth-order valence-corrected chi connectivity index (χ4v) is 13.5. The van der Waals surface area contributed by atoms with E-state index in [9.17, 15) is 0 Å². The first-order valence-corrected chi connectivity index (χ1v) is 31.2. The molecule has 5 nitrogen and oxygen atoms in total. The Morgan fingerprint density at radius 3 is 1.32 bits per heavy atom. The molecule has 0 spiro atoms. The Bertz CT molecular complexity index is 4830. The van der Waals surface area contributed by atoms with Crippen LogP contribution in [0.4, 0.5) is 51.2 Å². The average molecular weight is 1170 g/mol. The lowest BCUT2D eigenvalue weighted by molar-refractivity contribution is 0.590. The number of fused-ring (bicyclic) bond motifs is 7. The van der Waals surface area contributed by atoms with Crippen molar-refractivity contribution in [1.82, 2.24) is 0 Å². The van der Waals surface area contributed by atoms with Crippen molar-refractivity contribution in [1.29, 1.82) is 0 Å². The summed E-state index contributed by atoms with van der Waals surface area (Å²) in [6.07, 6.45) is 0. The topological polar surface area (TPSA) is 36.0 Å². The molecule has 428 valence electrons. The highest BCUT2D eigenvalue weighted by atomic mass is 35.5. The van der Waals surface area contributed by atoms with Gasteiger partial charge in [0.05, 0.1) is 39.1 Å². The van der Waals surface area contributed by atoms with Crippen molar-refractivity contribution in [2.45, 2.75) is 78.6 Å². The number of furan rings is 2. The lowest BCUT2D eigenvalue weighted by atomic mass is 9.86. The number of halogens is 1. The van der Waals surface area contributed by atoms with Gasteiger partial charge in [-0.05, 0) is 135 Å². The van der Waals surface area contributed by atoms with Gasteiger partial charge in [0.2, 0.25) is 0 Å². The molecule has 0 atom stereocenters. The Morgan fingerprint density at radius 2 is 0.782 bits per heavy atom. The largest absolute Gasteiger partial charge is 0.454 e. The van der Waals surface area contributed by atoms with Gasteiger partial charge in [-0.1, -0.05) is 232 Å². The number of hydrogen-bond acceptors (Lipinski definition) is 6. The molecule has 0 bridgehead atoms. The van der Waals surface area contributed by atoms with Crippen LogP contribution in [0.15, 0.2) is 257 Å². The molecule has 0 N–H and O–H groups in total. The van der Waals surface area contributed by atoms with Crippen molar-refractivity contribution in [3.8, 4) is 22.3 Å². The Labute approximate surface area is 518 Å². The maximum Gasteiger partial charge on any atom is 0.159 e. The van der Waals surface area contributed by atoms with E-state index in [1.807, 2.05) is 12.1 Å². The zero-order valence-corrected chi connectivity index (χ0v) is 52.2. The van der Waals surface area contributed by atoms with Crippen LogP contribution in [0.5, 0.6) is 0 Å². The highest BCUT2D eigenvalue weighted by molar-refractivity contribution is 7.17. The van der Waals surface area contributed by atoms with Crippen molar-refractivity contribution < 1.29 is 8.83 Å². The fraction of sp³-hybridized carbons (Fsp3) is 0.150. The van der Waals surface area contributed by atoms with E-state index in [2.05, 4.69) is 313 Å². The highest BCUT2D eigenvalue weighted by Gasteiger charge is 2.31. The summed E-state index contributed by atoms with van der Waals surface area (Å²) in [6.45, 7) is 20.5. The molecule has 3 heterocycles. The molecule has 3 aromatic heterocycles. The Hall–Kier alpha value is -9.33. The van der Waals surface area contributed by atoms with Crippen LogP contribution in [0, 0.1) is 0 Å². The molecule has 0 saturated heterocycles. The summed E-state index contributed by atoms with van der Waals surface area (Å²) in [5.41, 5.74) is 19.0. The summed E-state index contributed by atoms with van der Waals surface area (Å²) < 4.78 is 15.3. The van der Waals surface area contributed by atoms with Crippen molar-refractivity contribution >= 4 is 128 Å². The van der Waals surface area contributed by atoms with Crippen LogP contribution in [0.25, 0.3) is 76.2 Å². The van der Waals surface area contributed by atoms with Crippen molar-refractivity contribution in [2.24, 2.45) is 0 Å². The van der Waals surface area contributed by atoms with E-state index >= 15 is 0 Å². The number of nitrogens with zero attached hydrogens (tertiary/aromatic N) is 3. The first-order valence-electron chi connectivity index (χ1n) is 30.0. The first kappa shape index (κ1) is 55.5. The molecule has 0 aliphatic carbocycles. The molecule has 87 heavy (non-hydrogen) atoms. The molecule has 0 aliphatic heterocycles. The van der Waals surface area contributed by atoms with E-state index in [1.165, 1.54) is 21.4 Å². The smallest absolute Gasteiger partial charge is 0.159 e. The standard InChI is InChI=1S/C80H68ClN3O2S/c1-78(2,3)54-34-39-57(40-35-54)82(58-41-36-55(37-42-58)79(4,5)6)68-49-59(43-44-60(68)52-24-14-11-15-25-52)83(66-30-20-28-63-61-26-16-18-32-72(61)85-76(63)66)69-46-53(51-22-12-10-13-23-51)47-70(75(69)81)84(71-50-87-74-45-38-56(48-65(71)74)80(7,8)9)67-31-21-29-64-62-27-17-19-33-73(62)86-77(64)67/h10-50H,1-9H3. The zero-order chi connectivity index (χ0) is 59.9. The van der Waals surface area contributed by atoms with Gasteiger partial charge in [-0.3, -0.25) is 0 Å². The molecular formula is C80H68ClN3O2S. The molecular weight excluding hydrogens is 1100 g/mol. The van der Waals surface area contributed by atoms with Gasteiger partial charge in [-0.25, -0.2) is 0 Å². The number of para-hydroxylation sites is 4. The third-order valence-corrected chi connectivity index (χ3v) is 18.4. The predicted octanol–water partition coefficient (Wildman–Crippen LogP) is 25.0. The minimum absolute atomic E-state index is 0.0442. The maximum absolute atomic E-state index is 8.61. The molecule has 0 radical (unpaired) electrons. The summed E-state index contributed by atoms with van der Waals surface area (Å²) in [4.78, 5) is 7.10. The molecule has 0 amide bonds. The van der Waals surface area contributed by atoms with Crippen LogP contribution in [0.3, 0.4) is 0 Å². The van der Waals surface area contributed by atoms with Crippen LogP contribution < -0.4 is 14.7 Å². The van der Waals surface area contributed by atoms with Gasteiger partial charge in [-0.2, -0.15) is 0 Å². The van der Waals surface area contributed by atoms with Crippen LogP contribution in [0.1, 0.15) is 79.0 Å². The predicted molar refractivity (Wildman–Crippen MR) is 372 cm³/mol. The quantitative estimate of drug-likeness (QED) is 0.129. The molecule has 0 fully saturated rings. The lowest BCUT2D eigenvalue weighted by Crippen LogP contribution is -2.17. The summed E-state index contributed by atoms with van der Waals surface area (Å²) in [5.74, 6) is 0. The summed E-state index contributed by atoms with van der Waals surface area (Å²) in [5, 5.41) is 8.04. The average Bonchev–Trinajstić information content (AvgIpc) is 1.88. The lowest BCUT2D eigenvalue weighted by Gasteiger charge is -2.33. The SMILES string of the molecule is CC(C)(C)c1ccc(N(c2ccc(C(C)(C)C)cc2)c2cc(N(c3cc(-c4ccccc4)cc(N(c4csc5ccc(C(C)(C)C)cc45)c4cccc5c4oc4ccccc45)c3Cl)c3cccc4c3oc3ccccc34)ccc2-c2ccccc2)cc1. The normalized spacial score (nSPS) is 12.3. The fourth-order valence-electron chi connectivity index (χ4n) is 12.3. The van der Waals surface area contributed by atoms with Gasteiger partial charge in [-0.15, -0.1) is 11.3 Å². The second-order valence-corrected chi connectivity index (χ2v) is 27.2. The van der Waals surface area contributed by atoms with Gasteiger partial charge in [0.25, 0.3) is 0 Å². The summed E-state index contributed by atoms with van der Waals surface area (Å²) in [6, 6.07) is 87.4. The summed E-state index contributed by atoms with van der Waals surface area (Å²) >= 11 is 10.3. The van der Waals surface area contributed by atoms with E-state index < -0.39 is 0 Å². The Kier molecular flexibility index (Phi) is 13.8. The van der Waals surface area contributed by atoms with Crippen LogP contribution >= 0.6 is 22.9 Å². The molecule has 14 rings (SSSR count). The van der Waals surface area contributed by atoms with E-state index in [0.717, 1.165) is 123 Å². The van der Waals surface area contributed by atoms with E-state index in [1.54, 1.807) is 11.3 Å². The minimum atomic E-state index is -0.108. The third-order valence-electron chi connectivity index (χ3n) is 17.1. The Morgan fingerprint density at radius 1 is 0.322 bits per heavy atom. The number of thiophene rings is 1. The number of rotatable bonds is 11. The summed E-state index contributed by atoms with van der Waals surface area (Å²) in [7, 11) is 0. The molecule has 0 aliphatic rings. The third kappa shape index (κ3) is 10.1. The second-order valence-electron chi connectivity index (χ2n) is 25.9. The number of hydrogen-bond donors (Lipinski definition) is 0. The van der Waals surface area contributed by atoms with E-state index in [4.69, 9.17) is 20.4 Å². The first-order chi connectivity index (χ1) is 42.0. The van der Waals surface area contributed by atoms with Crippen LogP contribution in [-0.2, 0) is 16.2 Å². The maximum atomic E-state index is 8.61. The monoisotopic (exact) mass is 1170 g/mol. The number of anilines is 9. The van der Waals surface area contributed by atoms with E-state index in [0.29, 0.717) is 5.02 Å². The van der Waals surface area contributed by atoms with Crippen molar-refractivity contribution in [3.05, 3.63) is 270 Å². The minimum Gasteiger partial charge on any atom is -0.454 e. The molecule has 11 aromatic carbocycles. The molecule has 0 saturated carbocycles. The molecule has 14 aromatic rings. The molecule has 7 heteroatoms. The highest BCUT2D eigenvalue weighted by Crippen LogP contribution is 2.55. The van der Waals surface area contributed by atoms with Gasteiger partial charge in [0.15, 0.2) is 11.2 Å². The zero-order valence-electron chi connectivity index (χ0n) is 50.6. The number of benzene rings is 11. The second kappa shape index (κ2) is 21.6. The van der Waals surface area contributed by atoms with Gasteiger partial charge in [0.1, 0.15) is 11.2 Å². The van der Waals surface area contributed by atoms with Gasteiger partial charge < -0.3 is 23.5 Å². The van der Waals surface area contributed by atoms with Crippen molar-refractivity contribution in [3.63, 3.8) is 0 Å². The van der Waals surface area contributed by atoms with Crippen molar-refractivity contribution in [2.75, 3.05) is 14.7 Å².